The molecule has 108 valence electrons. The van der Waals surface area contributed by atoms with E-state index < -0.39 is 4.92 Å². The van der Waals surface area contributed by atoms with Crippen LogP contribution in [0.15, 0.2) is 23.2 Å². The van der Waals surface area contributed by atoms with Crippen LogP contribution in [0.25, 0.3) is 0 Å². The average Bonchev–Trinajstić information content (AvgIpc) is 2.35. The molecule has 3 N–H and O–H groups in total. The Kier molecular flexibility index (Phi) is 4.79. The number of nitrogens with two attached hydrogens (primary N) is 1. The predicted octanol–water partition coefficient (Wildman–Crippen LogP) is 2.45. The highest BCUT2D eigenvalue weighted by molar-refractivity contribution is 6.31. The van der Waals surface area contributed by atoms with Gasteiger partial charge in [-0.3, -0.25) is 10.1 Å². The summed E-state index contributed by atoms with van der Waals surface area (Å²) in [5, 5.41) is 14.2. The van der Waals surface area contributed by atoms with Crippen molar-refractivity contribution in [2.75, 3.05) is 6.54 Å². The minimum atomic E-state index is -0.457. The van der Waals surface area contributed by atoms with Gasteiger partial charge in [-0.05, 0) is 30.4 Å². The molecule has 20 heavy (non-hydrogen) atoms. The molecule has 0 aliphatic heterocycles. The molecule has 0 unspecified atom stereocenters. The van der Waals surface area contributed by atoms with Crippen LogP contribution in [-0.4, -0.2) is 17.4 Å². The highest BCUT2D eigenvalue weighted by atomic mass is 35.5. The van der Waals surface area contributed by atoms with Gasteiger partial charge in [0.05, 0.1) is 11.5 Å². The Balaban J connectivity index is 1.94. The van der Waals surface area contributed by atoms with E-state index in [0.717, 1.165) is 6.54 Å². The maximum absolute atomic E-state index is 10.7. The second kappa shape index (κ2) is 6.56. The Hall–Kier alpha value is -1.82. The third-order valence-electron chi connectivity index (χ3n) is 3.46. The first kappa shape index (κ1) is 14.6. The number of guanidine groups is 1. The molecule has 1 saturated carbocycles. The van der Waals surface area contributed by atoms with Gasteiger partial charge >= 0.3 is 0 Å². The molecular formula is C13H17ClN4O2. The fourth-order valence-electron chi connectivity index (χ4n) is 1.97. The van der Waals surface area contributed by atoms with Gasteiger partial charge in [0, 0.05) is 23.7 Å². The number of nitrogens with zero attached hydrogens (tertiary/aromatic N) is 2. The Morgan fingerprint density at radius 3 is 2.90 bits per heavy atom. The summed E-state index contributed by atoms with van der Waals surface area (Å²) in [5.74, 6) is 1.03. The van der Waals surface area contributed by atoms with Gasteiger partial charge in [0.15, 0.2) is 5.96 Å². The standard InChI is InChI=1S/C13H17ClN4O2/c14-12-5-4-11(18(19)20)6-10(12)8-17-13(15)16-7-9-2-1-3-9/h4-6,9H,1-3,7-8H2,(H3,15,16,17). The van der Waals surface area contributed by atoms with Crippen molar-refractivity contribution in [3.05, 3.63) is 38.9 Å². The summed E-state index contributed by atoms with van der Waals surface area (Å²) >= 11 is 5.99. The number of rotatable bonds is 5. The van der Waals surface area contributed by atoms with E-state index in [0.29, 0.717) is 22.5 Å². The van der Waals surface area contributed by atoms with Crippen LogP contribution in [0, 0.1) is 16.0 Å². The monoisotopic (exact) mass is 296 g/mol. The van der Waals surface area contributed by atoms with Crippen molar-refractivity contribution in [3.8, 4) is 0 Å². The lowest BCUT2D eigenvalue weighted by Gasteiger charge is -2.25. The van der Waals surface area contributed by atoms with Crippen molar-refractivity contribution >= 4 is 23.2 Å². The van der Waals surface area contributed by atoms with Gasteiger partial charge in [0.2, 0.25) is 0 Å². The van der Waals surface area contributed by atoms with Crippen LogP contribution < -0.4 is 11.1 Å². The van der Waals surface area contributed by atoms with E-state index in [4.69, 9.17) is 17.3 Å². The summed E-state index contributed by atoms with van der Waals surface area (Å²) in [6.45, 7) is 1.06. The molecule has 0 spiro atoms. The van der Waals surface area contributed by atoms with Crippen LogP contribution in [-0.2, 0) is 6.54 Å². The topological polar surface area (TPSA) is 93.5 Å². The summed E-state index contributed by atoms with van der Waals surface area (Å²) in [4.78, 5) is 14.4. The Bertz CT molecular complexity index is 529. The summed E-state index contributed by atoms with van der Waals surface area (Å²) < 4.78 is 0. The molecule has 2 rings (SSSR count). The van der Waals surface area contributed by atoms with Gasteiger partial charge in [-0.15, -0.1) is 0 Å². The van der Waals surface area contributed by atoms with Crippen molar-refractivity contribution in [1.29, 1.82) is 0 Å². The lowest BCUT2D eigenvalue weighted by Crippen LogP contribution is -2.37. The number of halogens is 1. The molecule has 0 aromatic heterocycles. The number of hydrogen-bond acceptors (Lipinski definition) is 3. The molecule has 1 aromatic rings. The molecule has 0 atom stereocenters. The molecule has 1 aliphatic rings. The van der Waals surface area contributed by atoms with E-state index >= 15 is 0 Å². The zero-order valence-electron chi connectivity index (χ0n) is 11.0. The number of nitro benzene ring substituents is 1. The zero-order valence-corrected chi connectivity index (χ0v) is 11.8. The van der Waals surface area contributed by atoms with Crippen molar-refractivity contribution in [2.45, 2.75) is 25.8 Å². The second-order valence-corrected chi connectivity index (χ2v) is 5.32. The van der Waals surface area contributed by atoms with Gasteiger partial charge < -0.3 is 11.1 Å². The van der Waals surface area contributed by atoms with E-state index in [9.17, 15) is 10.1 Å². The van der Waals surface area contributed by atoms with E-state index in [2.05, 4.69) is 10.3 Å². The molecule has 1 aliphatic carbocycles. The number of hydrogen-bond donors (Lipinski definition) is 2. The third-order valence-corrected chi connectivity index (χ3v) is 3.83. The summed E-state index contributed by atoms with van der Waals surface area (Å²) in [6, 6.07) is 4.29. The van der Waals surface area contributed by atoms with E-state index in [1.807, 2.05) is 0 Å². The normalized spacial score (nSPS) is 15.8. The Labute approximate surface area is 122 Å². The van der Waals surface area contributed by atoms with Gasteiger partial charge in [0.1, 0.15) is 0 Å². The first-order valence-corrected chi connectivity index (χ1v) is 6.90. The van der Waals surface area contributed by atoms with Gasteiger partial charge in [-0.1, -0.05) is 18.0 Å². The first-order chi connectivity index (χ1) is 9.56. The molecule has 0 heterocycles. The number of nitro groups is 1. The maximum atomic E-state index is 10.7. The van der Waals surface area contributed by atoms with Crippen molar-refractivity contribution in [3.63, 3.8) is 0 Å². The Morgan fingerprint density at radius 1 is 1.55 bits per heavy atom. The van der Waals surface area contributed by atoms with Crippen molar-refractivity contribution < 1.29 is 4.92 Å². The fraction of sp³-hybridized carbons (Fsp3) is 0.462. The quantitative estimate of drug-likeness (QED) is 0.378. The van der Waals surface area contributed by atoms with Crippen LogP contribution in [0.2, 0.25) is 5.02 Å². The molecule has 6 nitrogen and oxygen atoms in total. The van der Waals surface area contributed by atoms with Crippen LogP contribution in [0.5, 0.6) is 0 Å². The molecular weight excluding hydrogens is 280 g/mol. The highest BCUT2D eigenvalue weighted by Gasteiger charge is 2.16. The molecule has 0 saturated heterocycles. The SMILES string of the molecule is NC(=NCc1cc([N+](=O)[O-])ccc1Cl)NCC1CCC1. The zero-order chi connectivity index (χ0) is 14.5. The minimum absolute atomic E-state index is 0.000554. The van der Waals surface area contributed by atoms with Crippen molar-refractivity contribution in [2.24, 2.45) is 16.6 Å². The molecule has 0 bridgehead atoms. The van der Waals surface area contributed by atoms with E-state index in [1.54, 1.807) is 0 Å². The number of aliphatic imine (C=N–C) groups is 1. The first-order valence-electron chi connectivity index (χ1n) is 6.53. The third kappa shape index (κ3) is 3.84. The van der Waals surface area contributed by atoms with E-state index in [1.165, 1.54) is 37.5 Å². The Morgan fingerprint density at radius 2 is 2.30 bits per heavy atom. The maximum Gasteiger partial charge on any atom is 0.269 e. The summed E-state index contributed by atoms with van der Waals surface area (Å²) in [7, 11) is 0. The molecule has 1 aromatic carbocycles. The predicted molar refractivity (Wildman–Crippen MR) is 78.8 cm³/mol. The lowest BCUT2D eigenvalue weighted by molar-refractivity contribution is -0.384. The number of benzene rings is 1. The smallest absolute Gasteiger partial charge is 0.269 e. The lowest BCUT2D eigenvalue weighted by atomic mass is 9.85. The molecule has 7 heteroatoms. The minimum Gasteiger partial charge on any atom is -0.370 e. The number of non-ortho nitro benzene ring substituents is 1. The van der Waals surface area contributed by atoms with E-state index in [-0.39, 0.29) is 12.2 Å². The number of nitrogens with one attached hydrogen (secondary N) is 1. The van der Waals surface area contributed by atoms with Gasteiger partial charge in [0.25, 0.3) is 5.69 Å². The largest absolute Gasteiger partial charge is 0.370 e. The molecule has 0 radical (unpaired) electrons. The summed E-state index contributed by atoms with van der Waals surface area (Å²) in [6.07, 6.45) is 3.75. The molecule has 0 amide bonds. The fourth-order valence-corrected chi connectivity index (χ4v) is 2.15. The van der Waals surface area contributed by atoms with Gasteiger partial charge in [-0.2, -0.15) is 0 Å². The van der Waals surface area contributed by atoms with Gasteiger partial charge in [-0.25, -0.2) is 4.99 Å². The van der Waals surface area contributed by atoms with Crippen molar-refractivity contribution in [1.82, 2.24) is 5.32 Å². The van der Waals surface area contributed by atoms with Crippen LogP contribution in [0.4, 0.5) is 5.69 Å². The van der Waals surface area contributed by atoms with Crippen LogP contribution in [0.3, 0.4) is 0 Å². The highest BCUT2D eigenvalue weighted by Crippen LogP contribution is 2.25. The van der Waals surface area contributed by atoms with Crippen LogP contribution in [0.1, 0.15) is 24.8 Å². The van der Waals surface area contributed by atoms with Crippen LogP contribution >= 0.6 is 11.6 Å². The summed E-state index contributed by atoms with van der Waals surface area (Å²) in [5.41, 5.74) is 6.35. The average molecular weight is 297 g/mol. The molecule has 1 fully saturated rings. The second-order valence-electron chi connectivity index (χ2n) is 4.91.